The van der Waals surface area contributed by atoms with Crippen LogP contribution in [0.1, 0.15) is 17.9 Å². The third-order valence-corrected chi connectivity index (χ3v) is 5.32. The van der Waals surface area contributed by atoms with Crippen LogP contribution in [0.15, 0.2) is 29.2 Å². The van der Waals surface area contributed by atoms with Gasteiger partial charge in [0.05, 0.1) is 12.5 Å². The fourth-order valence-corrected chi connectivity index (χ4v) is 4.27. The van der Waals surface area contributed by atoms with E-state index < -0.39 is 12.0 Å². The Morgan fingerprint density at radius 2 is 2.24 bits per heavy atom. The molecule has 1 aromatic carbocycles. The molecule has 3 rings (SSSR count). The molecular formula is C15H18N2O3S. The lowest BCUT2D eigenvalue weighted by Crippen LogP contribution is -2.56. The molecule has 2 aliphatic heterocycles. The molecular weight excluding hydrogens is 288 g/mol. The fourth-order valence-electron chi connectivity index (χ4n) is 3.03. The van der Waals surface area contributed by atoms with Gasteiger partial charge < -0.3 is 10.4 Å². The van der Waals surface area contributed by atoms with Crippen LogP contribution in [0.3, 0.4) is 0 Å². The molecule has 5 nitrogen and oxygen atoms in total. The van der Waals surface area contributed by atoms with Crippen molar-refractivity contribution in [3.8, 4) is 0 Å². The molecule has 0 aliphatic carbocycles. The summed E-state index contributed by atoms with van der Waals surface area (Å²) < 4.78 is 0. The van der Waals surface area contributed by atoms with Crippen LogP contribution in [0.2, 0.25) is 0 Å². The number of hydrogen-bond acceptors (Lipinski definition) is 4. The zero-order valence-electron chi connectivity index (χ0n) is 11.6. The van der Waals surface area contributed by atoms with Crippen LogP contribution in [-0.4, -0.2) is 53.3 Å². The van der Waals surface area contributed by atoms with Crippen LogP contribution in [0.5, 0.6) is 0 Å². The normalized spacial score (nSPS) is 25.4. The zero-order valence-corrected chi connectivity index (χ0v) is 12.4. The molecule has 0 radical (unpaired) electrons. The minimum Gasteiger partial charge on any atom is -0.481 e. The highest BCUT2D eigenvalue weighted by molar-refractivity contribution is 7.99. The van der Waals surface area contributed by atoms with Gasteiger partial charge in [-0.15, -0.1) is 11.8 Å². The number of piperazine rings is 1. The fraction of sp³-hybridized carbons (Fsp3) is 0.467. The zero-order chi connectivity index (χ0) is 14.8. The smallest absolute Gasteiger partial charge is 0.305 e. The third-order valence-electron chi connectivity index (χ3n) is 4.06. The SMILES string of the molecule is O=C(O)CC1C(=O)NCCN1CC1CSc2ccccc21. The second-order valence-electron chi connectivity index (χ2n) is 5.45. The number of nitrogens with one attached hydrogen (secondary N) is 1. The molecule has 0 bridgehead atoms. The molecule has 6 heteroatoms. The maximum absolute atomic E-state index is 11.9. The summed E-state index contributed by atoms with van der Waals surface area (Å²) in [6.45, 7) is 2.05. The van der Waals surface area contributed by atoms with Crippen molar-refractivity contribution in [1.29, 1.82) is 0 Å². The van der Waals surface area contributed by atoms with E-state index in [4.69, 9.17) is 5.11 Å². The van der Waals surface area contributed by atoms with E-state index in [9.17, 15) is 9.59 Å². The number of fused-ring (bicyclic) bond motifs is 1. The number of nitrogens with zero attached hydrogens (tertiary/aromatic N) is 1. The van der Waals surface area contributed by atoms with Crippen molar-refractivity contribution in [3.05, 3.63) is 29.8 Å². The lowest BCUT2D eigenvalue weighted by atomic mass is 9.98. The minimum absolute atomic E-state index is 0.132. The maximum Gasteiger partial charge on any atom is 0.305 e. The Morgan fingerprint density at radius 3 is 3.05 bits per heavy atom. The lowest BCUT2D eigenvalue weighted by Gasteiger charge is -2.35. The lowest BCUT2D eigenvalue weighted by molar-refractivity contribution is -0.143. The quantitative estimate of drug-likeness (QED) is 0.873. The van der Waals surface area contributed by atoms with Gasteiger partial charge in [0.25, 0.3) is 0 Å². The van der Waals surface area contributed by atoms with Gasteiger partial charge in [-0.1, -0.05) is 18.2 Å². The summed E-state index contributed by atoms with van der Waals surface area (Å²) in [5.74, 6) is 0.274. The average Bonchev–Trinajstić information content (AvgIpc) is 2.86. The molecule has 1 fully saturated rings. The van der Waals surface area contributed by atoms with Crippen LogP contribution >= 0.6 is 11.8 Å². The van der Waals surface area contributed by atoms with Crippen LogP contribution in [0, 0.1) is 0 Å². The first kappa shape index (κ1) is 14.4. The molecule has 1 aromatic rings. The summed E-state index contributed by atoms with van der Waals surface area (Å²) in [7, 11) is 0. The van der Waals surface area contributed by atoms with Crippen LogP contribution in [-0.2, 0) is 9.59 Å². The average molecular weight is 306 g/mol. The summed E-state index contributed by atoms with van der Waals surface area (Å²) in [5, 5.41) is 11.8. The van der Waals surface area contributed by atoms with Crippen molar-refractivity contribution < 1.29 is 14.7 Å². The van der Waals surface area contributed by atoms with Gasteiger partial charge in [-0.05, 0) is 11.6 Å². The molecule has 112 valence electrons. The Hall–Kier alpha value is -1.53. The van der Waals surface area contributed by atoms with E-state index in [0.717, 1.165) is 12.3 Å². The summed E-state index contributed by atoms with van der Waals surface area (Å²) >= 11 is 1.84. The molecule has 2 heterocycles. The van der Waals surface area contributed by atoms with Crippen molar-refractivity contribution in [3.63, 3.8) is 0 Å². The Bertz CT molecular complexity index is 564. The third kappa shape index (κ3) is 3.06. The van der Waals surface area contributed by atoms with Crippen molar-refractivity contribution >= 4 is 23.6 Å². The number of aliphatic carboxylic acids is 1. The Kier molecular flexibility index (Phi) is 4.17. The molecule has 1 amide bonds. The van der Waals surface area contributed by atoms with Gasteiger partial charge in [0, 0.05) is 36.2 Å². The van der Waals surface area contributed by atoms with Gasteiger partial charge in [0.15, 0.2) is 0 Å². The number of carbonyl (C=O) groups excluding carboxylic acids is 1. The van der Waals surface area contributed by atoms with E-state index in [1.165, 1.54) is 10.5 Å². The molecule has 1 saturated heterocycles. The van der Waals surface area contributed by atoms with E-state index in [0.29, 0.717) is 19.0 Å². The predicted molar refractivity (Wildman–Crippen MR) is 80.5 cm³/mol. The highest BCUT2D eigenvalue weighted by Gasteiger charge is 2.34. The number of benzene rings is 1. The summed E-state index contributed by atoms with van der Waals surface area (Å²) in [4.78, 5) is 26.3. The molecule has 0 saturated carbocycles. The number of carboxylic acids is 1. The highest BCUT2D eigenvalue weighted by Crippen LogP contribution is 2.39. The van der Waals surface area contributed by atoms with E-state index in [1.807, 2.05) is 28.8 Å². The summed E-state index contributed by atoms with van der Waals surface area (Å²) in [6, 6.07) is 7.79. The van der Waals surface area contributed by atoms with Gasteiger partial charge >= 0.3 is 5.97 Å². The van der Waals surface area contributed by atoms with Gasteiger partial charge in [-0.25, -0.2) is 0 Å². The monoisotopic (exact) mass is 306 g/mol. The first-order chi connectivity index (χ1) is 10.1. The standard InChI is InChI=1S/C15H18N2O3S/c18-14(19)7-12-15(20)16-5-6-17(12)8-10-9-21-13-4-2-1-3-11(10)13/h1-4,10,12H,5-9H2,(H,16,20)(H,18,19). The van der Waals surface area contributed by atoms with E-state index >= 15 is 0 Å². The van der Waals surface area contributed by atoms with Gasteiger partial charge in [0.1, 0.15) is 0 Å². The van der Waals surface area contributed by atoms with Crippen LogP contribution in [0.4, 0.5) is 0 Å². The van der Waals surface area contributed by atoms with Gasteiger partial charge in [-0.3, -0.25) is 14.5 Å². The van der Waals surface area contributed by atoms with Crippen molar-refractivity contribution in [2.45, 2.75) is 23.3 Å². The van der Waals surface area contributed by atoms with Crippen LogP contribution < -0.4 is 5.32 Å². The van der Waals surface area contributed by atoms with Crippen LogP contribution in [0.25, 0.3) is 0 Å². The Balaban J connectivity index is 1.74. The molecule has 2 unspecified atom stereocenters. The van der Waals surface area contributed by atoms with Gasteiger partial charge in [-0.2, -0.15) is 0 Å². The topological polar surface area (TPSA) is 69.6 Å². The summed E-state index contributed by atoms with van der Waals surface area (Å²) in [6.07, 6.45) is -0.132. The summed E-state index contributed by atoms with van der Waals surface area (Å²) in [5.41, 5.74) is 1.32. The van der Waals surface area contributed by atoms with E-state index in [2.05, 4.69) is 17.4 Å². The Morgan fingerprint density at radius 1 is 1.43 bits per heavy atom. The second-order valence-corrected chi connectivity index (χ2v) is 6.51. The number of carboxylic acid groups (broad SMARTS) is 1. The molecule has 21 heavy (non-hydrogen) atoms. The number of amides is 1. The Labute approximate surface area is 127 Å². The molecule has 2 atom stereocenters. The van der Waals surface area contributed by atoms with Crippen molar-refractivity contribution in [1.82, 2.24) is 10.2 Å². The molecule has 0 aromatic heterocycles. The number of thioether (sulfide) groups is 1. The predicted octanol–water partition coefficient (Wildman–Crippen LogP) is 1.15. The first-order valence-corrected chi connectivity index (χ1v) is 8.09. The minimum atomic E-state index is -0.928. The second kappa shape index (κ2) is 6.07. The largest absolute Gasteiger partial charge is 0.481 e. The number of rotatable bonds is 4. The van der Waals surface area contributed by atoms with Gasteiger partial charge in [0.2, 0.25) is 5.91 Å². The number of carbonyl (C=O) groups is 2. The highest BCUT2D eigenvalue weighted by atomic mass is 32.2. The molecule has 0 spiro atoms. The van der Waals surface area contributed by atoms with Crippen molar-refractivity contribution in [2.75, 3.05) is 25.4 Å². The first-order valence-electron chi connectivity index (χ1n) is 7.10. The molecule has 2 N–H and O–H groups in total. The number of hydrogen-bond donors (Lipinski definition) is 2. The van der Waals surface area contributed by atoms with E-state index in [1.54, 1.807) is 0 Å². The maximum atomic E-state index is 11.9. The molecule has 2 aliphatic rings. The van der Waals surface area contributed by atoms with E-state index in [-0.39, 0.29) is 12.3 Å². The van der Waals surface area contributed by atoms with Crippen molar-refractivity contribution in [2.24, 2.45) is 0 Å².